The van der Waals surface area contributed by atoms with E-state index in [0.29, 0.717) is 19.8 Å². The maximum Gasteiger partial charge on any atom is 0.303 e. The van der Waals surface area contributed by atoms with Gasteiger partial charge >= 0.3 is 5.97 Å². The summed E-state index contributed by atoms with van der Waals surface area (Å²) >= 11 is 0. The molecule has 0 aromatic heterocycles. The Morgan fingerprint density at radius 2 is 2.31 bits per heavy atom. The smallest absolute Gasteiger partial charge is 0.303 e. The van der Waals surface area contributed by atoms with Crippen LogP contribution in [0.25, 0.3) is 0 Å². The zero-order chi connectivity index (χ0) is 12.1. The van der Waals surface area contributed by atoms with Crippen LogP contribution in [0.15, 0.2) is 0 Å². The van der Waals surface area contributed by atoms with Gasteiger partial charge in [0.25, 0.3) is 0 Å². The predicted molar refractivity (Wildman–Crippen MR) is 56.8 cm³/mol. The van der Waals surface area contributed by atoms with E-state index in [2.05, 4.69) is 0 Å². The first-order valence-electron chi connectivity index (χ1n) is 5.38. The lowest BCUT2D eigenvalue weighted by Gasteiger charge is -2.34. The Morgan fingerprint density at radius 3 is 2.88 bits per heavy atom. The van der Waals surface area contributed by atoms with Gasteiger partial charge in [0, 0.05) is 13.0 Å². The number of rotatable bonds is 4. The molecule has 1 unspecified atom stereocenters. The average Bonchev–Trinajstić information content (AvgIpc) is 2.25. The highest BCUT2D eigenvalue weighted by molar-refractivity contribution is 5.82. The number of ether oxygens (including phenoxy) is 1. The van der Waals surface area contributed by atoms with Gasteiger partial charge in [-0.1, -0.05) is 0 Å². The predicted octanol–water partition coefficient (Wildman–Crippen LogP) is -0.574. The number of carboxylic acid groups (broad SMARTS) is 1. The van der Waals surface area contributed by atoms with Crippen molar-refractivity contribution in [2.45, 2.75) is 31.8 Å². The molecule has 0 spiro atoms. The number of morpholine rings is 1. The summed E-state index contributed by atoms with van der Waals surface area (Å²) in [7, 11) is 0. The molecule has 16 heavy (non-hydrogen) atoms. The molecular formula is C10H18N2O4. The van der Waals surface area contributed by atoms with Crippen molar-refractivity contribution in [3.63, 3.8) is 0 Å². The molecule has 6 heteroatoms. The standard InChI is InChI=1S/C10H18N2O4/c1-7-6-16-5-4-12(7)10(15)8(11)2-3-9(13)14/h7-8H,2-6,11H2,1H3,(H,13,14)/t7-,8?/m1/s1. The van der Waals surface area contributed by atoms with Gasteiger partial charge < -0.3 is 20.5 Å². The van der Waals surface area contributed by atoms with E-state index in [0.717, 1.165) is 0 Å². The van der Waals surface area contributed by atoms with E-state index in [9.17, 15) is 9.59 Å². The van der Waals surface area contributed by atoms with Gasteiger partial charge in [-0.25, -0.2) is 0 Å². The van der Waals surface area contributed by atoms with Crippen molar-refractivity contribution in [1.29, 1.82) is 0 Å². The fourth-order valence-electron chi connectivity index (χ4n) is 1.67. The minimum atomic E-state index is -0.932. The highest BCUT2D eigenvalue weighted by Crippen LogP contribution is 2.09. The minimum absolute atomic E-state index is 0.0112. The number of carbonyl (C=O) groups excluding carboxylic acids is 1. The monoisotopic (exact) mass is 230 g/mol. The van der Waals surface area contributed by atoms with Crippen molar-refractivity contribution >= 4 is 11.9 Å². The van der Waals surface area contributed by atoms with Crippen molar-refractivity contribution in [3.05, 3.63) is 0 Å². The summed E-state index contributed by atoms with van der Waals surface area (Å²) in [6.45, 7) is 3.45. The summed E-state index contributed by atoms with van der Waals surface area (Å²) in [4.78, 5) is 23.9. The average molecular weight is 230 g/mol. The Labute approximate surface area is 94.3 Å². The van der Waals surface area contributed by atoms with E-state index in [1.807, 2.05) is 6.92 Å². The lowest BCUT2D eigenvalue weighted by Crippen LogP contribution is -2.53. The molecule has 0 aromatic rings. The molecule has 1 aliphatic rings. The fourth-order valence-corrected chi connectivity index (χ4v) is 1.67. The number of nitrogens with two attached hydrogens (primary N) is 1. The van der Waals surface area contributed by atoms with Crippen LogP contribution >= 0.6 is 0 Å². The number of carbonyl (C=O) groups is 2. The normalized spacial score (nSPS) is 22.9. The number of amides is 1. The molecule has 1 heterocycles. The molecule has 0 aromatic carbocycles. The zero-order valence-corrected chi connectivity index (χ0v) is 9.39. The minimum Gasteiger partial charge on any atom is -0.481 e. The summed E-state index contributed by atoms with van der Waals surface area (Å²) in [5, 5.41) is 8.51. The Morgan fingerprint density at radius 1 is 1.62 bits per heavy atom. The van der Waals surface area contributed by atoms with Crippen LogP contribution < -0.4 is 5.73 Å². The third kappa shape index (κ3) is 3.46. The lowest BCUT2D eigenvalue weighted by molar-refractivity contribution is -0.141. The van der Waals surface area contributed by atoms with E-state index >= 15 is 0 Å². The Balaban J connectivity index is 2.45. The third-order valence-electron chi connectivity index (χ3n) is 2.64. The van der Waals surface area contributed by atoms with Crippen molar-refractivity contribution < 1.29 is 19.4 Å². The van der Waals surface area contributed by atoms with Gasteiger partial charge in [0.15, 0.2) is 0 Å². The number of nitrogens with zero attached hydrogens (tertiary/aromatic N) is 1. The molecule has 2 atom stereocenters. The van der Waals surface area contributed by atoms with E-state index in [1.165, 1.54) is 0 Å². The van der Waals surface area contributed by atoms with Gasteiger partial charge in [-0.15, -0.1) is 0 Å². The van der Waals surface area contributed by atoms with Crippen LogP contribution in [-0.4, -0.2) is 53.7 Å². The Hall–Kier alpha value is -1.14. The number of hydrogen-bond acceptors (Lipinski definition) is 4. The molecule has 0 saturated carbocycles. The highest BCUT2D eigenvalue weighted by Gasteiger charge is 2.27. The molecular weight excluding hydrogens is 212 g/mol. The van der Waals surface area contributed by atoms with Gasteiger partial charge in [-0.05, 0) is 13.3 Å². The second-order valence-electron chi connectivity index (χ2n) is 3.99. The second-order valence-corrected chi connectivity index (χ2v) is 3.99. The Kier molecular flexibility index (Phi) is 4.70. The van der Waals surface area contributed by atoms with Crippen LogP contribution in [0.3, 0.4) is 0 Å². The topological polar surface area (TPSA) is 92.9 Å². The molecule has 0 radical (unpaired) electrons. The maximum atomic E-state index is 11.9. The lowest BCUT2D eigenvalue weighted by atomic mass is 10.1. The van der Waals surface area contributed by atoms with E-state index < -0.39 is 12.0 Å². The van der Waals surface area contributed by atoms with Crippen molar-refractivity contribution in [2.75, 3.05) is 19.8 Å². The van der Waals surface area contributed by atoms with E-state index in [1.54, 1.807) is 4.90 Å². The van der Waals surface area contributed by atoms with Crippen molar-refractivity contribution in [3.8, 4) is 0 Å². The summed E-state index contributed by atoms with van der Waals surface area (Å²) < 4.78 is 5.21. The molecule has 1 saturated heterocycles. The van der Waals surface area contributed by atoms with E-state index in [4.69, 9.17) is 15.6 Å². The molecule has 1 fully saturated rings. The SMILES string of the molecule is C[C@@H]1COCCN1C(=O)C(N)CCC(=O)O. The van der Waals surface area contributed by atoms with Crippen molar-refractivity contribution in [1.82, 2.24) is 4.90 Å². The van der Waals surface area contributed by atoms with E-state index in [-0.39, 0.29) is 24.8 Å². The maximum absolute atomic E-state index is 11.9. The van der Waals surface area contributed by atoms with Crippen LogP contribution in [0, 0.1) is 0 Å². The van der Waals surface area contributed by atoms with Crippen LogP contribution in [0.2, 0.25) is 0 Å². The number of carboxylic acids is 1. The molecule has 0 bridgehead atoms. The number of aliphatic carboxylic acids is 1. The van der Waals surface area contributed by atoms with Gasteiger partial charge in [-0.3, -0.25) is 9.59 Å². The van der Waals surface area contributed by atoms with Crippen molar-refractivity contribution in [2.24, 2.45) is 5.73 Å². The molecule has 1 aliphatic heterocycles. The molecule has 3 N–H and O–H groups in total. The number of hydrogen-bond donors (Lipinski definition) is 2. The molecule has 0 aliphatic carbocycles. The second kappa shape index (κ2) is 5.81. The van der Waals surface area contributed by atoms with Crippen LogP contribution in [0.4, 0.5) is 0 Å². The van der Waals surface area contributed by atoms with Gasteiger partial charge in [0.1, 0.15) is 0 Å². The molecule has 1 amide bonds. The summed E-state index contributed by atoms with van der Waals surface area (Å²) in [6, 6.07) is -0.714. The fraction of sp³-hybridized carbons (Fsp3) is 0.800. The zero-order valence-electron chi connectivity index (χ0n) is 9.39. The van der Waals surface area contributed by atoms with Crippen LogP contribution in [-0.2, 0) is 14.3 Å². The van der Waals surface area contributed by atoms with Gasteiger partial charge in [0.2, 0.25) is 5.91 Å². The molecule has 92 valence electrons. The van der Waals surface area contributed by atoms with Crippen LogP contribution in [0.5, 0.6) is 0 Å². The van der Waals surface area contributed by atoms with Gasteiger partial charge in [-0.2, -0.15) is 0 Å². The summed E-state index contributed by atoms with van der Waals surface area (Å²) in [5.41, 5.74) is 5.66. The first kappa shape index (κ1) is 12.9. The largest absolute Gasteiger partial charge is 0.481 e. The summed E-state index contributed by atoms with van der Waals surface area (Å²) in [5.74, 6) is -1.12. The highest BCUT2D eigenvalue weighted by atomic mass is 16.5. The van der Waals surface area contributed by atoms with Gasteiger partial charge in [0.05, 0.1) is 25.3 Å². The third-order valence-corrected chi connectivity index (χ3v) is 2.64. The summed E-state index contributed by atoms with van der Waals surface area (Å²) in [6.07, 6.45) is 0.101. The first-order chi connectivity index (χ1) is 7.52. The Bertz CT molecular complexity index is 270. The molecule has 1 rings (SSSR count). The quantitative estimate of drug-likeness (QED) is 0.674. The first-order valence-corrected chi connectivity index (χ1v) is 5.38. The van der Waals surface area contributed by atoms with Crippen LogP contribution in [0.1, 0.15) is 19.8 Å². The molecule has 6 nitrogen and oxygen atoms in total.